The summed E-state index contributed by atoms with van der Waals surface area (Å²) in [5, 5.41) is 8.96. The molecule has 22 heavy (non-hydrogen) atoms. The molecule has 0 saturated heterocycles. The molecule has 2 nitrogen and oxygen atoms in total. The summed E-state index contributed by atoms with van der Waals surface area (Å²) in [6.45, 7) is 6.16. The number of hydrogen-bond donors (Lipinski definition) is 1. The van der Waals surface area contributed by atoms with E-state index in [1.807, 2.05) is 26.0 Å². The summed E-state index contributed by atoms with van der Waals surface area (Å²) in [5.41, 5.74) is 5.76. The molecule has 2 aromatic carbocycles. The van der Waals surface area contributed by atoms with Crippen LogP contribution >= 0.6 is 0 Å². The van der Waals surface area contributed by atoms with Gasteiger partial charge in [-0.25, -0.2) is 4.79 Å². The fraction of sp³-hybridized carbons (Fsp3) is 0.250. The number of carbonyl (C=O) groups is 1. The molecule has 0 saturated carbocycles. The molecule has 0 amide bonds. The fourth-order valence-electron chi connectivity index (χ4n) is 2.52. The second-order valence-electron chi connectivity index (χ2n) is 5.90. The van der Waals surface area contributed by atoms with E-state index in [2.05, 4.69) is 43.3 Å². The Balaban J connectivity index is 2.22. The van der Waals surface area contributed by atoms with Crippen LogP contribution in [0.1, 0.15) is 25.0 Å². The van der Waals surface area contributed by atoms with E-state index in [-0.39, 0.29) is 5.92 Å². The topological polar surface area (TPSA) is 37.3 Å². The first-order chi connectivity index (χ1) is 10.5. The predicted octanol–water partition coefficient (Wildman–Crippen LogP) is 4.87. The lowest BCUT2D eigenvalue weighted by Gasteiger charge is -2.12. The molecule has 0 aliphatic carbocycles. The highest BCUT2D eigenvalue weighted by atomic mass is 16.4. The number of aliphatic carboxylic acids is 1. The van der Waals surface area contributed by atoms with Gasteiger partial charge in [0.25, 0.3) is 0 Å². The Morgan fingerprint density at radius 2 is 1.73 bits per heavy atom. The van der Waals surface area contributed by atoms with Crippen LogP contribution in [0.15, 0.2) is 60.2 Å². The lowest BCUT2D eigenvalue weighted by atomic mass is 9.93. The Kier molecular flexibility index (Phi) is 5.16. The van der Waals surface area contributed by atoms with Crippen LogP contribution in [0.3, 0.4) is 0 Å². The van der Waals surface area contributed by atoms with Gasteiger partial charge in [0, 0.05) is 6.08 Å². The monoisotopic (exact) mass is 294 g/mol. The first-order valence-corrected chi connectivity index (χ1v) is 7.55. The van der Waals surface area contributed by atoms with E-state index in [4.69, 9.17) is 5.11 Å². The first kappa shape index (κ1) is 16.0. The first-order valence-electron chi connectivity index (χ1n) is 7.55. The highest BCUT2D eigenvalue weighted by molar-refractivity contribution is 5.80. The minimum atomic E-state index is -0.875. The molecule has 0 aromatic heterocycles. The van der Waals surface area contributed by atoms with Crippen molar-refractivity contribution < 1.29 is 9.90 Å². The van der Waals surface area contributed by atoms with Crippen LogP contribution in [0.5, 0.6) is 0 Å². The van der Waals surface area contributed by atoms with Crippen molar-refractivity contribution in [3.63, 3.8) is 0 Å². The van der Waals surface area contributed by atoms with Crippen LogP contribution in [0, 0.1) is 12.8 Å². The zero-order chi connectivity index (χ0) is 16.1. The number of hydrogen-bond acceptors (Lipinski definition) is 1. The van der Waals surface area contributed by atoms with Gasteiger partial charge in [0.2, 0.25) is 0 Å². The number of aryl methyl sites for hydroxylation is 1. The van der Waals surface area contributed by atoms with Crippen molar-refractivity contribution in [1.82, 2.24) is 0 Å². The van der Waals surface area contributed by atoms with E-state index >= 15 is 0 Å². The van der Waals surface area contributed by atoms with Crippen molar-refractivity contribution >= 4 is 5.97 Å². The molecule has 0 spiro atoms. The van der Waals surface area contributed by atoms with Crippen molar-refractivity contribution in [2.45, 2.75) is 27.2 Å². The number of rotatable bonds is 5. The highest BCUT2D eigenvalue weighted by Crippen LogP contribution is 2.24. The molecule has 2 rings (SSSR count). The quantitative estimate of drug-likeness (QED) is 0.799. The van der Waals surface area contributed by atoms with Crippen LogP contribution in [-0.4, -0.2) is 11.1 Å². The average Bonchev–Trinajstić information content (AvgIpc) is 2.47. The van der Waals surface area contributed by atoms with Gasteiger partial charge < -0.3 is 5.11 Å². The maximum Gasteiger partial charge on any atom is 0.328 e. The summed E-state index contributed by atoms with van der Waals surface area (Å²) in [6, 6.07) is 16.7. The van der Waals surface area contributed by atoms with Crippen LogP contribution in [0.4, 0.5) is 0 Å². The van der Waals surface area contributed by atoms with E-state index in [0.717, 1.165) is 11.1 Å². The molecule has 114 valence electrons. The van der Waals surface area contributed by atoms with Crippen LogP contribution in [0.25, 0.3) is 11.1 Å². The molecular weight excluding hydrogens is 272 g/mol. The molecule has 0 radical (unpaired) electrons. The van der Waals surface area contributed by atoms with Crippen molar-refractivity contribution in [1.29, 1.82) is 0 Å². The number of benzene rings is 2. The molecule has 2 aromatic rings. The number of allylic oxidation sites excluding steroid dienone is 1. The van der Waals surface area contributed by atoms with E-state index in [1.54, 1.807) is 0 Å². The smallest absolute Gasteiger partial charge is 0.328 e. The van der Waals surface area contributed by atoms with Crippen LogP contribution in [0.2, 0.25) is 0 Å². The minimum absolute atomic E-state index is 0.229. The summed E-state index contributed by atoms with van der Waals surface area (Å²) in [4.78, 5) is 10.9. The van der Waals surface area contributed by atoms with Gasteiger partial charge in [-0.15, -0.1) is 0 Å². The van der Waals surface area contributed by atoms with Gasteiger partial charge in [-0.05, 0) is 41.5 Å². The zero-order valence-electron chi connectivity index (χ0n) is 13.3. The average molecular weight is 294 g/mol. The molecule has 1 N–H and O–H groups in total. The highest BCUT2D eigenvalue weighted by Gasteiger charge is 2.08. The fourth-order valence-corrected chi connectivity index (χ4v) is 2.52. The zero-order valence-corrected chi connectivity index (χ0v) is 13.3. The Morgan fingerprint density at radius 1 is 1.09 bits per heavy atom. The third-order valence-electron chi connectivity index (χ3n) is 3.87. The molecule has 2 heteroatoms. The van der Waals surface area contributed by atoms with Crippen molar-refractivity contribution in [3.05, 3.63) is 71.3 Å². The maximum atomic E-state index is 10.9. The van der Waals surface area contributed by atoms with E-state index < -0.39 is 5.97 Å². The van der Waals surface area contributed by atoms with Gasteiger partial charge in [-0.3, -0.25) is 0 Å². The van der Waals surface area contributed by atoms with E-state index in [0.29, 0.717) is 6.42 Å². The number of carboxylic acids is 1. The SMILES string of the molecule is Cc1ccccc1-c1ccc(C/C(=C/C(=O)O)C(C)C)cc1. The molecule has 0 bridgehead atoms. The largest absolute Gasteiger partial charge is 0.478 e. The molecule has 0 atom stereocenters. The predicted molar refractivity (Wildman–Crippen MR) is 90.9 cm³/mol. The van der Waals surface area contributed by atoms with E-state index in [1.165, 1.54) is 22.8 Å². The van der Waals surface area contributed by atoms with Crippen molar-refractivity contribution in [2.75, 3.05) is 0 Å². The third-order valence-corrected chi connectivity index (χ3v) is 3.87. The Bertz CT molecular complexity index is 679. The molecule has 0 unspecified atom stereocenters. The second-order valence-corrected chi connectivity index (χ2v) is 5.90. The lowest BCUT2D eigenvalue weighted by molar-refractivity contribution is -0.131. The molecule has 0 aliphatic heterocycles. The van der Waals surface area contributed by atoms with Gasteiger partial charge in [-0.2, -0.15) is 0 Å². The Morgan fingerprint density at radius 3 is 2.27 bits per heavy atom. The Hall–Kier alpha value is -2.35. The maximum absolute atomic E-state index is 10.9. The lowest BCUT2D eigenvalue weighted by Crippen LogP contribution is -2.02. The summed E-state index contributed by atoms with van der Waals surface area (Å²) < 4.78 is 0. The summed E-state index contributed by atoms with van der Waals surface area (Å²) >= 11 is 0. The van der Waals surface area contributed by atoms with Gasteiger partial charge >= 0.3 is 5.97 Å². The Labute approximate surface area is 132 Å². The standard InChI is InChI=1S/C20H22O2/c1-14(2)18(13-20(21)22)12-16-8-10-17(11-9-16)19-7-5-4-6-15(19)3/h4-11,13-14H,12H2,1-3H3,(H,21,22)/b18-13-. The van der Waals surface area contributed by atoms with E-state index in [9.17, 15) is 4.79 Å². The summed E-state index contributed by atoms with van der Waals surface area (Å²) in [7, 11) is 0. The summed E-state index contributed by atoms with van der Waals surface area (Å²) in [5.74, 6) is -0.646. The molecular formula is C20H22O2. The van der Waals surface area contributed by atoms with Gasteiger partial charge in [0.1, 0.15) is 0 Å². The number of carboxylic acid groups (broad SMARTS) is 1. The van der Waals surface area contributed by atoms with Gasteiger partial charge in [0.05, 0.1) is 0 Å². The second kappa shape index (κ2) is 7.08. The molecule has 0 aliphatic rings. The molecule has 0 fully saturated rings. The van der Waals surface area contributed by atoms with Crippen molar-refractivity contribution in [3.8, 4) is 11.1 Å². The third kappa shape index (κ3) is 4.08. The van der Waals surface area contributed by atoms with Gasteiger partial charge in [-0.1, -0.05) is 68.0 Å². The normalized spacial score (nSPS) is 11.7. The molecule has 0 heterocycles. The van der Waals surface area contributed by atoms with Crippen LogP contribution in [-0.2, 0) is 11.2 Å². The van der Waals surface area contributed by atoms with Crippen LogP contribution < -0.4 is 0 Å². The van der Waals surface area contributed by atoms with Crippen molar-refractivity contribution in [2.24, 2.45) is 5.92 Å². The minimum Gasteiger partial charge on any atom is -0.478 e. The van der Waals surface area contributed by atoms with Gasteiger partial charge in [0.15, 0.2) is 0 Å². The summed E-state index contributed by atoms with van der Waals surface area (Å²) in [6.07, 6.45) is 2.01.